The summed E-state index contributed by atoms with van der Waals surface area (Å²) in [6, 6.07) is 9.70. The number of nitrogens with zero attached hydrogens (tertiary/aromatic N) is 2. The quantitative estimate of drug-likeness (QED) is 0.561. The summed E-state index contributed by atoms with van der Waals surface area (Å²) in [6.07, 6.45) is 2.31. The van der Waals surface area contributed by atoms with Gasteiger partial charge in [0.2, 0.25) is 0 Å². The third kappa shape index (κ3) is 4.18. The van der Waals surface area contributed by atoms with Gasteiger partial charge in [-0.05, 0) is 42.8 Å². The monoisotopic (exact) mass is 396 g/mol. The van der Waals surface area contributed by atoms with E-state index >= 15 is 0 Å². The van der Waals surface area contributed by atoms with Crippen LogP contribution in [0.15, 0.2) is 42.6 Å². The Labute approximate surface area is 166 Å². The number of aliphatic carboxylic acids is 1. The second-order valence-electron chi connectivity index (χ2n) is 6.14. The molecule has 3 N–H and O–H groups in total. The highest BCUT2D eigenvalue weighted by Gasteiger charge is 2.20. The number of hydrogen-bond donors (Lipinski definition) is 3. The van der Waals surface area contributed by atoms with Gasteiger partial charge in [0, 0.05) is 17.4 Å². The highest BCUT2D eigenvalue weighted by atomic mass is 16.5. The maximum absolute atomic E-state index is 12.9. The van der Waals surface area contributed by atoms with Gasteiger partial charge in [0.15, 0.2) is 11.4 Å². The first-order chi connectivity index (χ1) is 13.9. The smallest absolute Gasteiger partial charge is 0.322 e. The first-order valence-corrected chi connectivity index (χ1v) is 8.90. The third-order valence-corrected chi connectivity index (χ3v) is 4.26. The largest absolute Gasteiger partial charge is 0.493 e. The molecule has 29 heavy (non-hydrogen) atoms. The fraction of sp³-hybridized carbons (Fsp3) is 0.200. The van der Waals surface area contributed by atoms with Crippen LogP contribution in [0.1, 0.15) is 33.5 Å². The van der Waals surface area contributed by atoms with Gasteiger partial charge < -0.3 is 20.5 Å². The van der Waals surface area contributed by atoms with Crippen LogP contribution in [0.2, 0.25) is 0 Å². The first kappa shape index (κ1) is 19.9. The fourth-order valence-corrected chi connectivity index (χ4v) is 2.89. The standard InChI is InChI=1S/C20H20N4O5/c1-3-14-17(24-10-4-5-15(29-2)18(24)23-14)20(28)22-13-8-6-12(7-9-13)19(27)21-11-16(25)26/h4-10H,3,11H2,1-2H3,(H,21,27)(H,22,28)(H,25,26). The lowest BCUT2D eigenvalue weighted by Crippen LogP contribution is -2.29. The average molecular weight is 396 g/mol. The van der Waals surface area contributed by atoms with Crippen molar-refractivity contribution < 1.29 is 24.2 Å². The van der Waals surface area contributed by atoms with Crippen molar-refractivity contribution in [2.24, 2.45) is 0 Å². The molecule has 150 valence electrons. The van der Waals surface area contributed by atoms with Gasteiger partial charge in [-0.2, -0.15) is 0 Å². The minimum absolute atomic E-state index is 0.290. The van der Waals surface area contributed by atoms with Gasteiger partial charge in [-0.25, -0.2) is 4.98 Å². The number of aryl methyl sites for hydroxylation is 1. The Balaban J connectivity index is 1.82. The highest BCUT2D eigenvalue weighted by molar-refractivity contribution is 6.05. The van der Waals surface area contributed by atoms with Crippen LogP contribution < -0.4 is 15.4 Å². The maximum atomic E-state index is 12.9. The summed E-state index contributed by atoms with van der Waals surface area (Å²) in [5.41, 5.74) is 2.38. The second-order valence-corrected chi connectivity index (χ2v) is 6.14. The molecular weight excluding hydrogens is 376 g/mol. The lowest BCUT2D eigenvalue weighted by Gasteiger charge is -2.08. The Hall–Kier alpha value is -3.88. The molecule has 0 radical (unpaired) electrons. The molecule has 0 spiro atoms. The van der Waals surface area contributed by atoms with E-state index in [1.165, 1.54) is 12.1 Å². The molecule has 0 bridgehead atoms. The van der Waals surface area contributed by atoms with Gasteiger partial charge in [0.1, 0.15) is 12.2 Å². The van der Waals surface area contributed by atoms with Crippen LogP contribution >= 0.6 is 0 Å². The van der Waals surface area contributed by atoms with Crippen molar-refractivity contribution in [3.05, 3.63) is 59.5 Å². The molecule has 0 saturated carbocycles. The number of imidazole rings is 1. The lowest BCUT2D eigenvalue weighted by atomic mass is 10.2. The van der Waals surface area contributed by atoms with E-state index in [2.05, 4.69) is 15.6 Å². The molecule has 3 rings (SSSR count). The third-order valence-electron chi connectivity index (χ3n) is 4.26. The predicted octanol–water partition coefficient (Wildman–Crippen LogP) is 1.97. The number of carboxylic acids is 1. The summed E-state index contributed by atoms with van der Waals surface area (Å²) in [7, 11) is 1.55. The highest BCUT2D eigenvalue weighted by Crippen LogP contribution is 2.23. The molecule has 0 saturated heterocycles. The zero-order valence-electron chi connectivity index (χ0n) is 15.9. The number of anilines is 1. The number of methoxy groups -OCH3 is 1. The van der Waals surface area contributed by atoms with Crippen LogP contribution in [-0.4, -0.2) is 45.9 Å². The first-order valence-electron chi connectivity index (χ1n) is 8.90. The molecule has 3 aromatic rings. The van der Waals surface area contributed by atoms with Crippen LogP contribution in [0, 0.1) is 0 Å². The number of hydrogen-bond acceptors (Lipinski definition) is 5. The van der Waals surface area contributed by atoms with E-state index in [9.17, 15) is 14.4 Å². The molecule has 1 aromatic carbocycles. The van der Waals surface area contributed by atoms with E-state index < -0.39 is 18.4 Å². The molecule has 0 fully saturated rings. The number of carboxylic acid groups (broad SMARTS) is 1. The van der Waals surface area contributed by atoms with Gasteiger partial charge in [-0.3, -0.25) is 18.8 Å². The molecule has 0 aliphatic carbocycles. The molecular formula is C20H20N4O5. The molecule has 9 heteroatoms. The van der Waals surface area contributed by atoms with Gasteiger partial charge in [0.25, 0.3) is 11.8 Å². The molecule has 0 aliphatic heterocycles. The normalized spacial score (nSPS) is 10.6. The molecule has 0 aliphatic rings. The zero-order valence-corrected chi connectivity index (χ0v) is 15.9. The molecule has 0 atom stereocenters. The Kier molecular flexibility index (Phi) is 5.77. The zero-order chi connectivity index (χ0) is 21.0. The van der Waals surface area contributed by atoms with Gasteiger partial charge >= 0.3 is 5.97 Å². The summed E-state index contributed by atoms with van der Waals surface area (Å²) < 4.78 is 7.00. The van der Waals surface area contributed by atoms with Crippen LogP contribution in [0.3, 0.4) is 0 Å². The number of aromatic nitrogens is 2. The summed E-state index contributed by atoms with van der Waals surface area (Å²) in [4.78, 5) is 39.8. The number of pyridine rings is 1. The van der Waals surface area contributed by atoms with E-state index in [1.807, 2.05) is 6.92 Å². The van der Waals surface area contributed by atoms with E-state index in [0.29, 0.717) is 34.9 Å². The van der Waals surface area contributed by atoms with Gasteiger partial charge in [-0.1, -0.05) is 6.92 Å². The van der Waals surface area contributed by atoms with Crippen molar-refractivity contribution in [3.63, 3.8) is 0 Å². The SMILES string of the molecule is CCc1nc2c(OC)cccn2c1C(=O)Nc1ccc(C(=O)NCC(=O)O)cc1. The molecule has 2 heterocycles. The number of fused-ring (bicyclic) bond motifs is 1. The number of carbonyl (C=O) groups is 3. The Bertz CT molecular complexity index is 1070. The van der Waals surface area contributed by atoms with Crippen molar-refractivity contribution >= 4 is 29.1 Å². The van der Waals surface area contributed by atoms with Crippen LogP contribution in [0.25, 0.3) is 5.65 Å². The second kappa shape index (κ2) is 8.42. The Morgan fingerprint density at radius 3 is 2.48 bits per heavy atom. The number of ether oxygens (including phenoxy) is 1. The summed E-state index contributed by atoms with van der Waals surface area (Å²) in [5, 5.41) is 13.7. The van der Waals surface area contributed by atoms with Crippen molar-refractivity contribution in [2.45, 2.75) is 13.3 Å². The fourth-order valence-electron chi connectivity index (χ4n) is 2.89. The maximum Gasteiger partial charge on any atom is 0.322 e. The van der Waals surface area contributed by atoms with E-state index in [-0.39, 0.29) is 11.5 Å². The topological polar surface area (TPSA) is 122 Å². The summed E-state index contributed by atoms with van der Waals surface area (Å²) in [5.74, 6) is -1.41. The van der Waals surface area contributed by atoms with Crippen molar-refractivity contribution in [1.29, 1.82) is 0 Å². The molecule has 9 nitrogen and oxygen atoms in total. The van der Waals surface area contributed by atoms with Crippen LogP contribution in [0.5, 0.6) is 5.75 Å². The van der Waals surface area contributed by atoms with Gasteiger partial charge in [-0.15, -0.1) is 0 Å². The lowest BCUT2D eigenvalue weighted by molar-refractivity contribution is -0.135. The Morgan fingerprint density at radius 1 is 1.14 bits per heavy atom. The van der Waals surface area contributed by atoms with E-state index in [1.54, 1.807) is 42.0 Å². The molecule has 2 amide bonds. The average Bonchev–Trinajstić information content (AvgIpc) is 3.11. The minimum atomic E-state index is -1.13. The number of amides is 2. The van der Waals surface area contributed by atoms with Crippen LogP contribution in [0.4, 0.5) is 5.69 Å². The number of carbonyl (C=O) groups excluding carboxylic acids is 2. The predicted molar refractivity (Wildman–Crippen MR) is 105 cm³/mol. The number of benzene rings is 1. The Morgan fingerprint density at radius 2 is 1.86 bits per heavy atom. The van der Waals surface area contributed by atoms with Crippen molar-refractivity contribution in [2.75, 3.05) is 19.0 Å². The minimum Gasteiger partial charge on any atom is -0.493 e. The number of nitrogens with one attached hydrogen (secondary N) is 2. The van der Waals surface area contributed by atoms with Crippen molar-refractivity contribution in [1.82, 2.24) is 14.7 Å². The van der Waals surface area contributed by atoms with Crippen LogP contribution in [-0.2, 0) is 11.2 Å². The van der Waals surface area contributed by atoms with Gasteiger partial charge in [0.05, 0.1) is 12.8 Å². The summed E-state index contributed by atoms with van der Waals surface area (Å²) >= 11 is 0. The summed E-state index contributed by atoms with van der Waals surface area (Å²) in [6.45, 7) is 1.45. The van der Waals surface area contributed by atoms with E-state index in [0.717, 1.165) is 0 Å². The molecule has 2 aromatic heterocycles. The van der Waals surface area contributed by atoms with E-state index in [4.69, 9.17) is 9.84 Å². The van der Waals surface area contributed by atoms with Crippen molar-refractivity contribution in [3.8, 4) is 5.75 Å². The molecule has 0 unspecified atom stereocenters. The number of rotatable bonds is 7.